The summed E-state index contributed by atoms with van der Waals surface area (Å²) in [6.45, 7) is 1.68. The van der Waals surface area contributed by atoms with Crippen molar-refractivity contribution in [1.29, 1.82) is 0 Å². The first-order chi connectivity index (χ1) is 9.65. The fraction of sp³-hybridized carbons (Fsp3) is 0.154. The number of rotatable bonds is 5. The third-order valence-corrected chi connectivity index (χ3v) is 3.17. The molecule has 2 rings (SSSR count). The molecule has 0 aliphatic carbocycles. The number of nitrogens with one attached hydrogen (secondary N) is 2. The van der Waals surface area contributed by atoms with Gasteiger partial charge in [0.15, 0.2) is 0 Å². The lowest BCUT2D eigenvalue weighted by Gasteiger charge is -2.01. The molecule has 0 aliphatic heterocycles. The van der Waals surface area contributed by atoms with Crippen LogP contribution in [0.25, 0.3) is 0 Å². The molecule has 20 heavy (non-hydrogen) atoms. The van der Waals surface area contributed by atoms with Crippen LogP contribution in [0, 0.1) is 6.92 Å². The zero-order chi connectivity index (χ0) is 14.4. The number of hydrazone groups is 1. The lowest BCUT2D eigenvalue weighted by Crippen LogP contribution is -2.34. The van der Waals surface area contributed by atoms with Gasteiger partial charge >= 0.3 is 0 Å². The van der Waals surface area contributed by atoms with Gasteiger partial charge in [0, 0.05) is 0 Å². The van der Waals surface area contributed by atoms with E-state index in [4.69, 9.17) is 4.42 Å². The Bertz CT molecular complexity index is 617. The molecule has 0 radical (unpaired) electrons. The Hall–Kier alpha value is -2.41. The molecule has 0 fully saturated rings. The lowest BCUT2D eigenvalue weighted by atomic mass is 10.4. The maximum atomic E-state index is 11.6. The van der Waals surface area contributed by atoms with Gasteiger partial charge < -0.3 is 9.73 Å². The number of carbonyl (C=O) groups excluding carboxylic acids is 2. The van der Waals surface area contributed by atoms with E-state index in [1.54, 1.807) is 29.6 Å². The molecular weight excluding hydrogens is 278 g/mol. The molecule has 0 aliphatic rings. The highest BCUT2D eigenvalue weighted by Gasteiger charge is 2.07. The summed E-state index contributed by atoms with van der Waals surface area (Å²) in [5.41, 5.74) is 2.30. The zero-order valence-electron chi connectivity index (χ0n) is 10.8. The van der Waals surface area contributed by atoms with Crippen LogP contribution in [0.2, 0.25) is 0 Å². The Morgan fingerprint density at radius 1 is 1.40 bits per heavy atom. The van der Waals surface area contributed by atoms with Gasteiger partial charge in [-0.25, -0.2) is 5.43 Å². The second-order valence-electron chi connectivity index (χ2n) is 3.90. The van der Waals surface area contributed by atoms with E-state index >= 15 is 0 Å². The highest BCUT2D eigenvalue weighted by atomic mass is 32.1. The van der Waals surface area contributed by atoms with Crippen molar-refractivity contribution in [3.8, 4) is 0 Å². The number of thiophene rings is 1. The van der Waals surface area contributed by atoms with Crippen molar-refractivity contribution in [2.45, 2.75) is 6.92 Å². The van der Waals surface area contributed by atoms with Crippen molar-refractivity contribution >= 4 is 29.4 Å². The molecule has 0 saturated carbocycles. The van der Waals surface area contributed by atoms with Gasteiger partial charge in [0.25, 0.3) is 11.8 Å². The van der Waals surface area contributed by atoms with Crippen molar-refractivity contribution in [3.05, 3.63) is 46.0 Å². The number of nitrogens with zero attached hydrogens (tertiary/aromatic N) is 1. The second kappa shape index (κ2) is 6.67. The van der Waals surface area contributed by atoms with Gasteiger partial charge in [-0.3, -0.25) is 9.59 Å². The van der Waals surface area contributed by atoms with Crippen LogP contribution < -0.4 is 10.7 Å². The van der Waals surface area contributed by atoms with Gasteiger partial charge in [0.05, 0.1) is 17.6 Å². The summed E-state index contributed by atoms with van der Waals surface area (Å²) in [6, 6.07) is 7.00. The predicted molar refractivity (Wildman–Crippen MR) is 75.8 cm³/mol. The highest BCUT2D eigenvalue weighted by Crippen LogP contribution is 2.07. The van der Waals surface area contributed by atoms with E-state index in [-0.39, 0.29) is 12.5 Å². The van der Waals surface area contributed by atoms with Crippen molar-refractivity contribution in [2.75, 3.05) is 6.54 Å². The summed E-state index contributed by atoms with van der Waals surface area (Å²) in [7, 11) is 0. The molecule has 0 unspecified atom stereocenters. The topological polar surface area (TPSA) is 83.7 Å². The number of furan rings is 1. The summed E-state index contributed by atoms with van der Waals surface area (Å²) in [6.07, 6.45) is 1.39. The van der Waals surface area contributed by atoms with Crippen LogP contribution in [-0.4, -0.2) is 24.6 Å². The molecule has 0 spiro atoms. The van der Waals surface area contributed by atoms with E-state index in [9.17, 15) is 9.59 Å². The quantitative estimate of drug-likeness (QED) is 0.647. The van der Waals surface area contributed by atoms with Gasteiger partial charge in [-0.15, -0.1) is 11.3 Å². The molecule has 2 aromatic heterocycles. The smallest absolute Gasteiger partial charge is 0.261 e. The Morgan fingerprint density at radius 3 is 2.90 bits per heavy atom. The zero-order valence-corrected chi connectivity index (χ0v) is 11.6. The van der Waals surface area contributed by atoms with Gasteiger partial charge in [-0.2, -0.15) is 5.10 Å². The summed E-state index contributed by atoms with van der Waals surface area (Å²) in [5, 5.41) is 8.02. The molecule has 104 valence electrons. The molecule has 0 bridgehead atoms. The van der Waals surface area contributed by atoms with Crippen LogP contribution >= 0.6 is 11.3 Å². The summed E-state index contributed by atoms with van der Waals surface area (Å²) < 4.78 is 5.24. The van der Waals surface area contributed by atoms with Crippen molar-refractivity contribution < 1.29 is 14.0 Å². The maximum Gasteiger partial charge on any atom is 0.261 e. The van der Waals surface area contributed by atoms with Crippen molar-refractivity contribution in [1.82, 2.24) is 10.7 Å². The van der Waals surface area contributed by atoms with E-state index in [1.165, 1.54) is 17.6 Å². The number of amides is 2. The first-order valence-electron chi connectivity index (χ1n) is 5.85. The van der Waals surface area contributed by atoms with Gasteiger partial charge in [-0.05, 0) is 30.5 Å². The van der Waals surface area contributed by atoms with Crippen LogP contribution in [0.15, 0.2) is 39.2 Å². The minimum Gasteiger partial charge on any atom is -0.460 e. The van der Waals surface area contributed by atoms with Gasteiger partial charge in [-0.1, -0.05) is 6.07 Å². The van der Waals surface area contributed by atoms with E-state index in [0.717, 1.165) is 5.76 Å². The molecule has 2 N–H and O–H groups in total. The number of carbonyl (C=O) groups is 2. The predicted octanol–water partition coefficient (Wildman–Crippen LogP) is 1.53. The normalized spacial score (nSPS) is 10.7. The fourth-order valence-electron chi connectivity index (χ4n) is 1.39. The minimum atomic E-state index is -0.408. The minimum absolute atomic E-state index is 0.134. The van der Waals surface area contributed by atoms with Crippen LogP contribution in [0.1, 0.15) is 21.2 Å². The first kappa shape index (κ1) is 14.0. The van der Waals surface area contributed by atoms with Crippen LogP contribution in [0.5, 0.6) is 0 Å². The maximum absolute atomic E-state index is 11.6. The number of hydrogen-bond donors (Lipinski definition) is 2. The second-order valence-corrected chi connectivity index (χ2v) is 4.85. The number of aryl methyl sites for hydroxylation is 1. The highest BCUT2D eigenvalue weighted by molar-refractivity contribution is 7.12. The van der Waals surface area contributed by atoms with Crippen LogP contribution in [0.4, 0.5) is 0 Å². The third kappa shape index (κ3) is 4.06. The van der Waals surface area contributed by atoms with Crippen LogP contribution in [0.3, 0.4) is 0 Å². The summed E-state index contributed by atoms with van der Waals surface area (Å²) >= 11 is 1.31. The van der Waals surface area contributed by atoms with Crippen molar-refractivity contribution in [3.63, 3.8) is 0 Å². The van der Waals surface area contributed by atoms with E-state index in [1.807, 2.05) is 6.92 Å². The van der Waals surface area contributed by atoms with Gasteiger partial charge in [0.1, 0.15) is 11.5 Å². The molecule has 0 aromatic carbocycles. The van der Waals surface area contributed by atoms with E-state index in [2.05, 4.69) is 15.8 Å². The molecule has 7 heteroatoms. The summed E-state index contributed by atoms with van der Waals surface area (Å²) in [4.78, 5) is 23.6. The van der Waals surface area contributed by atoms with Crippen molar-refractivity contribution in [2.24, 2.45) is 5.10 Å². The standard InChI is InChI=1S/C13H13N3O3S/c1-9-4-5-10(19-9)7-15-16-12(17)8-14-13(18)11-3-2-6-20-11/h2-7H,8H2,1H3,(H,14,18)(H,16,17)/b15-7-. The first-order valence-corrected chi connectivity index (χ1v) is 6.73. The average Bonchev–Trinajstić information content (AvgIpc) is 3.07. The number of hydrogen-bond acceptors (Lipinski definition) is 5. The molecule has 6 nitrogen and oxygen atoms in total. The Labute approximate surface area is 119 Å². The fourth-order valence-corrected chi connectivity index (χ4v) is 2.03. The monoisotopic (exact) mass is 291 g/mol. The molecule has 0 saturated heterocycles. The largest absolute Gasteiger partial charge is 0.460 e. The molecule has 0 atom stereocenters. The molecule has 2 amide bonds. The summed E-state index contributed by atoms with van der Waals surface area (Å²) in [5.74, 6) is 0.627. The van der Waals surface area contributed by atoms with E-state index < -0.39 is 5.91 Å². The molecule has 2 heterocycles. The Morgan fingerprint density at radius 2 is 2.25 bits per heavy atom. The SMILES string of the molecule is Cc1ccc(/C=N\NC(=O)CNC(=O)c2cccs2)o1. The lowest BCUT2D eigenvalue weighted by molar-refractivity contribution is -0.120. The van der Waals surface area contributed by atoms with Crippen LogP contribution in [-0.2, 0) is 4.79 Å². The average molecular weight is 291 g/mol. The van der Waals surface area contributed by atoms with Gasteiger partial charge in [0.2, 0.25) is 0 Å². The Kier molecular flexibility index (Phi) is 4.67. The van der Waals surface area contributed by atoms with E-state index in [0.29, 0.717) is 10.6 Å². The third-order valence-electron chi connectivity index (χ3n) is 2.30. The molecular formula is C13H13N3O3S. The Balaban J connectivity index is 1.73. The molecule has 2 aromatic rings.